The first-order chi connectivity index (χ1) is 17.2. The van der Waals surface area contributed by atoms with Crippen LogP contribution in [0.15, 0.2) is 12.3 Å². The van der Waals surface area contributed by atoms with E-state index in [1.165, 1.54) is 70.6 Å². The van der Waals surface area contributed by atoms with Crippen molar-refractivity contribution in [2.24, 2.45) is 17.3 Å². The summed E-state index contributed by atoms with van der Waals surface area (Å²) in [6.07, 6.45) is 18.6. The van der Waals surface area contributed by atoms with E-state index >= 15 is 0 Å². The van der Waals surface area contributed by atoms with Crippen LogP contribution in [0.5, 0.6) is 0 Å². The molecule has 1 amide bonds. The van der Waals surface area contributed by atoms with E-state index in [9.17, 15) is 9.59 Å². The van der Waals surface area contributed by atoms with Crippen molar-refractivity contribution >= 4 is 12.4 Å². The zero-order valence-electron chi connectivity index (χ0n) is 24.4. The lowest BCUT2D eigenvalue weighted by molar-refractivity contribution is -0.167. The number of hydrogen-bond acceptors (Lipinski definition) is 4. The van der Waals surface area contributed by atoms with E-state index in [4.69, 9.17) is 9.47 Å². The van der Waals surface area contributed by atoms with E-state index in [0.29, 0.717) is 12.3 Å². The number of hydrogen-bond donors (Lipinski definition) is 1. The van der Waals surface area contributed by atoms with E-state index in [1.54, 1.807) is 0 Å². The van der Waals surface area contributed by atoms with Crippen molar-refractivity contribution < 1.29 is 19.1 Å². The van der Waals surface area contributed by atoms with Crippen LogP contribution >= 0.6 is 0 Å². The van der Waals surface area contributed by atoms with Gasteiger partial charge in [-0.1, -0.05) is 125 Å². The lowest BCUT2D eigenvalue weighted by Crippen LogP contribution is -2.51. The van der Waals surface area contributed by atoms with Gasteiger partial charge in [0, 0.05) is 5.92 Å². The Bertz CT molecular complexity index is 627. The maximum absolute atomic E-state index is 13.2. The number of amides is 1. The molecule has 36 heavy (non-hydrogen) atoms. The smallest absolute Gasteiger partial charge is 0.329 e. The van der Waals surface area contributed by atoms with Crippen LogP contribution in [0, 0.1) is 17.3 Å². The number of ether oxygens (including phenoxy) is 2. The molecule has 5 nitrogen and oxygen atoms in total. The van der Waals surface area contributed by atoms with Gasteiger partial charge in [0.15, 0.2) is 0 Å². The molecule has 0 aromatic carbocycles. The van der Waals surface area contributed by atoms with Crippen LogP contribution in [-0.4, -0.2) is 30.6 Å². The first-order valence-electron chi connectivity index (χ1n) is 14.9. The van der Waals surface area contributed by atoms with Gasteiger partial charge in [0.25, 0.3) is 0 Å². The molecular formula is C31H57NO4. The molecule has 1 aliphatic rings. The summed E-state index contributed by atoms with van der Waals surface area (Å²) < 4.78 is 12.2. The maximum atomic E-state index is 13.2. The number of unbranched alkanes of at least 4 members (excludes halogenated alkanes) is 11. The summed E-state index contributed by atoms with van der Waals surface area (Å²) in [5.74, 6) is 0.959. The molecule has 1 unspecified atom stereocenters. The summed E-state index contributed by atoms with van der Waals surface area (Å²) in [5.41, 5.74) is -0.424. The average molecular weight is 508 g/mol. The summed E-state index contributed by atoms with van der Waals surface area (Å²) in [5, 5.41) is 2.68. The number of esters is 1. The second kappa shape index (κ2) is 17.9. The molecule has 0 bridgehead atoms. The molecule has 0 aromatic heterocycles. The lowest BCUT2D eigenvalue weighted by Gasteiger charge is -2.45. The van der Waals surface area contributed by atoms with Gasteiger partial charge in [-0.3, -0.25) is 4.79 Å². The molecule has 1 heterocycles. The predicted molar refractivity (Wildman–Crippen MR) is 150 cm³/mol. The first-order valence-corrected chi connectivity index (χ1v) is 14.9. The summed E-state index contributed by atoms with van der Waals surface area (Å²) >= 11 is 0. The Morgan fingerprint density at radius 1 is 0.972 bits per heavy atom. The predicted octanol–water partition coefficient (Wildman–Crippen LogP) is 8.12. The molecule has 0 radical (unpaired) electrons. The fraction of sp³-hybridized carbons (Fsp3) is 0.871. The molecule has 1 aliphatic heterocycles. The van der Waals surface area contributed by atoms with Gasteiger partial charge in [0.05, 0.1) is 11.7 Å². The highest BCUT2D eigenvalue weighted by atomic mass is 16.6. The number of carbonyl (C=O) groups is 2. The Hall–Kier alpha value is -1.52. The maximum Gasteiger partial charge on any atom is 0.329 e. The van der Waals surface area contributed by atoms with Crippen LogP contribution < -0.4 is 5.32 Å². The lowest BCUT2D eigenvalue weighted by atomic mass is 9.79. The van der Waals surface area contributed by atoms with Crippen molar-refractivity contribution in [3.8, 4) is 0 Å². The fourth-order valence-corrected chi connectivity index (χ4v) is 5.30. The Labute approximate surface area is 222 Å². The van der Waals surface area contributed by atoms with Crippen LogP contribution in [0.25, 0.3) is 0 Å². The van der Waals surface area contributed by atoms with Gasteiger partial charge in [-0.2, -0.15) is 0 Å². The molecule has 5 atom stereocenters. The van der Waals surface area contributed by atoms with Crippen molar-refractivity contribution in [1.82, 2.24) is 5.32 Å². The zero-order valence-corrected chi connectivity index (χ0v) is 24.4. The Morgan fingerprint density at radius 2 is 1.50 bits per heavy atom. The largest absolute Gasteiger partial charge is 0.494 e. The summed E-state index contributed by atoms with van der Waals surface area (Å²) in [6.45, 7) is 16.6. The van der Waals surface area contributed by atoms with Gasteiger partial charge in [-0.25, -0.2) is 4.79 Å². The van der Waals surface area contributed by atoms with E-state index in [2.05, 4.69) is 32.7 Å². The number of carbonyl (C=O) groups excluding carboxylic acids is 2. The van der Waals surface area contributed by atoms with Crippen molar-refractivity contribution in [2.75, 3.05) is 0 Å². The molecule has 210 valence electrons. The van der Waals surface area contributed by atoms with Gasteiger partial charge in [-0.15, -0.1) is 0 Å². The minimum absolute atomic E-state index is 0.0441. The molecule has 0 aromatic rings. The minimum Gasteiger partial charge on any atom is -0.494 e. The highest BCUT2D eigenvalue weighted by molar-refractivity contribution is 5.79. The summed E-state index contributed by atoms with van der Waals surface area (Å²) in [4.78, 5) is 24.4. The van der Waals surface area contributed by atoms with E-state index in [-0.39, 0.29) is 24.1 Å². The standard InChI is InChI=1S/C31H57NO4/c1-8-10-12-14-15-16-17-18-20-22-27(36-30(34)29(32-23-33)31(5,6)7)24(3)28-26(25(4)35-28)21-19-13-11-9-2/h23-24,26-29H,4,8-22H2,1-3,5-7H3,(H,32,33)/t24?,26-,27+,28+,29-/m1/s1. The molecule has 0 spiro atoms. The van der Waals surface area contributed by atoms with Crippen LogP contribution in [0.2, 0.25) is 0 Å². The van der Waals surface area contributed by atoms with Crippen LogP contribution in [0.1, 0.15) is 138 Å². The normalized spacial score (nSPS) is 20.1. The monoisotopic (exact) mass is 507 g/mol. The van der Waals surface area contributed by atoms with Gasteiger partial charge in [-0.05, 0) is 24.7 Å². The SMILES string of the molecule is C=C1O[C@@H](C(C)[C@H](CCCCCCCCCCC)OC(=O)[C@@H](NC=O)C(C)(C)C)[C@@H]1CCCCCC. The molecular weight excluding hydrogens is 450 g/mol. The molecule has 1 N–H and O–H groups in total. The van der Waals surface area contributed by atoms with Crippen molar-refractivity contribution in [3.05, 3.63) is 12.3 Å². The van der Waals surface area contributed by atoms with Crippen LogP contribution in [-0.2, 0) is 19.1 Å². The molecule has 1 saturated heterocycles. The van der Waals surface area contributed by atoms with Gasteiger partial charge in [0.1, 0.15) is 18.2 Å². The van der Waals surface area contributed by atoms with E-state index in [0.717, 1.165) is 31.4 Å². The number of nitrogens with one attached hydrogen (secondary N) is 1. The topological polar surface area (TPSA) is 64.6 Å². The van der Waals surface area contributed by atoms with E-state index < -0.39 is 11.5 Å². The Balaban J connectivity index is 2.73. The molecule has 0 aliphatic carbocycles. The first kappa shape index (κ1) is 32.5. The third kappa shape index (κ3) is 11.7. The van der Waals surface area contributed by atoms with E-state index in [1.807, 2.05) is 20.8 Å². The second-order valence-corrected chi connectivity index (χ2v) is 12.0. The zero-order chi connectivity index (χ0) is 27.0. The van der Waals surface area contributed by atoms with Gasteiger partial charge < -0.3 is 14.8 Å². The molecule has 1 rings (SSSR count). The Morgan fingerprint density at radius 3 is 2.00 bits per heavy atom. The molecule has 1 fully saturated rings. The molecule has 0 saturated carbocycles. The van der Waals surface area contributed by atoms with Crippen molar-refractivity contribution in [1.29, 1.82) is 0 Å². The van der Waals surface area contributed by atoms with Crippen molar-refractivity contribution in [3.63, 3.8) is 0 Å². The van der Waals surface area contributed by atoms with Gasteiger partial charge in [0.2, 0.25) is 6.41 Å². The minimum atomic E-state index is -0.671. The fourth-order valence-electron chi connectivity index (χ4n) is 5.30. The van der Waals surface area contributed by atoms with Gasteiger partial charge >= 0.3 is 5.97 Å². The highest BCUT2D eigenvalue weighted by Crippen LogP contribution is 2.41. The third-order valence-corrected chi connectivity index (χ3v) is 7.77. The third-order valence-electron chi connectivity index (χ3n) is 7.77. The van der Waals surface area contributed by atoms with Crippen LogP contribution in [0.3, 0.4) is 0 Å². The number of rotatable bonds is 21. The second-order valence-electron chi connectivity index (χ2n) is 12.0. The van der Waals surface area contributed by atoms with Crippen LogP contribution in [0.4, 0.5) is 0 Å². The van der Waals surface area contributed by atoms with Crippen molar-refractivity contribution in [2.45, 2.75) is 156 Å². The average Bonchev–Trinajstić information content (AvgIpc) is 2.82. The summed E-state index contributed by atoms with van der Waals surface area (Å²) in [6, 6.07) is -0.671. The molecule has 5 heteroatoms. The quantitative estimate of drug-likeness (QED) is 0.0968. The Kier molecular flexibility index (Phi) is 16.1. The summed E-state index contributed by atoms with van der Waals surface area (Å²) in [7, 11) is 0. The highest BCUT2D eigenvalue weighted by Gasteiger charge is 2.44.